The van der Waals surface area contributed by atoms with Crippen molar-refractivity contribution >= 4 is 31.5 Å². The summed E-state index contributed by atoms with van der Waals surface area (Å²) in [6.45, 7) is 1.94. The second-order valence-electron chi connectivity index (χ2n) is 8.14. The minimum atomic E-state index is -3.86. The lowest BCUT2D eigenvalue weighted by atomic mass is 9.86. The molecule has 1 unspecified atom stereocenters. The topological polar surface area (TPSA) is 46.2 Å². The highest BCUT2D eigenvalue weighted by atomic mass is 79.9. The highest BCUT2D eigenvalue weighted by molar-refractivity contribution is 9.12. The minimum absolute atomic E-state index is 0.231. The zero-order valence-corrected chi connectivity index (χ0v) is 20.4. The molecule has 0 aromatic heterocycles. The smallest absolute Gasteiger partial charge is 0.207 e. The average Bonchev–Trinajstić information content (AvgIpc) is 3.08. The van der Waals surface area contributed by atoms with Crippen LogP contribution in [0.5, 0.6) is 0 Å². The first-order valence-corrected chi connectivity index (χ1v) is 12.9. The number of nitrogens with one attached hydrogen (secondary N) is 1. The molecule has 4 aromatic rings. The van der Waals surface area contributed by atoms with Gasteiger partial charge in [0.25, 0.3) is 0 Å². The van der Waals surface area contributed by atoms with E-state index in [0.29, 0.717) is 0 Å². The first-order chi connectivity index (χ1) is 15.9. The number of aryl methyl sites for hydroxylation is 1. The molecule has 0 saturated heterocycles. The van der Waals surface area contributed by atoms with Gasteiger partial charge in [0, 0.05) is 10.1 Å². The van der Waals surface area contributed by atoms with E-state index in [4.69, 9.17) is 0 Å². The third-order valence-corrected chi connectivity index (χ3v) is 8.50. The lowest BCUT2D eigenvalue weighted by Crippen LogP contribution is -2.46. The summed E-state index contributed by atoms with van der Waals surface area (Å²) in [7, 11) is -3.86. The van der Waals surface area contributed by atoms with Gasteiger partial charge in [-0.1, -0.05) is 119 Å². The molecular formula is C28H22BrNO2S. The number of sulfonamides is 1. The average molecular weight is 516 g/mol. The quantitative estimate of drug-likeness (QED) is 0.335. The maximum absolute atomic E-state index is 13.7. The van der Waals surface area contributed by atoms with Crippen LogP contribution in [0.15, 0.2) is 119 Å². The van der Waals surface area contributed by atoms with Gasteiger partial charge in [-0.15, -0.1) is 0 Å². The Balaban J connectivity index is 1.80. The highest BCUT2D eigenvalue weighted by Gasteiger charge is 2.48. The van der Waals surface area contributed by atoms with Crippen molar-refractivity contribution in [1.82, 2.24) is 4.72 Å². The summed E-state index contributed by atoms with van der Waals surface area (Å²) in [5, 5.41) is 0. The molecule has 0 aliphatic heterocycles. The zero-order chi connectivity index (χ0) is 23.1. The van der Waals surface area contributed by atoms with Crippen molar-refractivity contribution in [3.8, 4) is 0 Å². The third kappa shape index (κ3) is 3.66. The predicted molar refractivity (Wildman–Crippen MR) is 137 cm³/mol. The van der Waals surface area contributed by atoms with Crippen LogP contribution in [0.4, 0.5) is 0 Å². The van der Waals surface area contributed by atoms with Crippen LogP contribution in [0.3, 0.4) is 0 Å². The van der Waals surface area contributed by atoms with E-state index in [-0.39, 0.29) is 4.90 Å². The van der Waals surface area contributed by atoms with E-state index in [1.165, 1.54) is 0 Å². The van der Waals surface area contributed by atoms with E-state index >= 15 is 0 Å². The number of fused-ring (bicyclic) bond motifs is 1. The van der Waals surface area contributed by atoms with E-state index < -0.39 is 15.6 Å². The number of hydrogen-bond acceptors (Lipinski definition) is 2. The summed E-state index contributed by atoms with van der Waals surface area (Å²) in [6.07, 6.45) is 0. The summed E-state index contributed by atoms with van der Waals surface area (Å²) in [4.78, 5) is 0.231. The Hall–Kier alpha value is -2.99. The van der Waals surface area contributed by atoms with Gasteiger partial charge < -0.3 is 0 Å². The first-order valence-electron chi connectivity index (χ1n) is 10.7. The molecule has 1 N–H and O–H groups in total. The Morgan fingerprint density at radius 3 is 1.97 bits per heavy atom. The molecule has 164 valence electrons. The lowest BCUT2D eigenvalue weighted by molar-refractivity contribution is 0.538. The van der Waals surface area contributed by atoms with Crippen LogP contribution in [0.25, 0.3) is 5.57 Å². The van der Waals surface area contributed by atoms with Crippen molar-refractivity contribution in [3.63, 3.8) is 0 Å². The van der Waals surface area contributed by atoms with Gasteiger partial charge in [0.1, 0.15) is 5.54 Å². The van der Waals surface area contributed by atoms with Crippen molar-refractivity contribution in [3.05, 3.63) is 141 Å². The Morgan fingerprint density at radius 2 is 1.30 bits per heavy atom. The van der Waals surface area contributed by atoms with Crippen LogP contribution < -0.4 is 4.72 Å². The summed E-state index contributed by atoms with van der Waals surface area (Å²) in [5.74, 6) is 0. The van der Waals surface area contributed by atoms with Crippen molar-refractivity contribution in [1.29, 1.82) is 0 Å². The molecule has 0 heterocycles. The maximum atomic E-state index is 13.7. The van der Waals surface area contributed by atoms with Gasteiger partial charge >= 0.3 is 0 Å². The Bertz CT molecular complexity index is 1450. The Labute approximate surface area is 203 Å². The molecule has 1 aliphatic carbocycles. The summed E-state index contributed by atoms with van der Waals surface area (Å²) in [5.41, 5.74) is 4.61. The van der Waals surface area contributed by atoms with Crippen LogP contribution >= 0.6 is 15.9 Å². The van der Waals surface area contributed by atoms with Crippen LogP contribution in [-0.4, -0.2) is 8.42 Å². The Morgan fingerprint density at radius 1 is 0.727 bits per heavy atom. The van der Waals surface area contributed by atoms with Crippen LogP contribution in [0, 0.1) is 6.92 Å². The number of halogens is 1. The highest BCUT2D eigenvalue weighted by Crippen LogP contribution is 2.53. The van der Waals surface area contributed by atoms with Crippen molar-refractivity contribution in [2.45, 2.75) is 17.4 Å². The minimum Gasteiger partial charge on any atom is -0.207 e. The van der Waals surface area contributed by atoms with Gasteiger partial charge in [-0.25, -0.2) is 8.42 Å². The standard InChI is InChI=1S/C28H22BrNO2S/c1-20-16-18-23(19-17-20)33(31,32)30-28(22-12-6-3-7-13-22)25-15-9-8-14-24(25)26(27(28)29)21-10-4-2-5-11-21/h2-19,30H,1H3. The molecular weight excluding hydrogens is 494 g/mol. The molecule has 3 nitrogen and oxygen atoms in total. The number of hydrogen-bond donors (Lipinski definition) is 1. The van der Waals surface area contributed by atoms with Gasteiger partial charge in [0.15, 0.2) is 0 Å². The van der Waals surface area contributed by atoms with Gasteiger partial charge in [0.05, 0.1) is 4.90 Å². The predicted octanol–water partition coefficient (Wildman–Crippen LogP) is 6.39. The van der Waals surface area contributed by atoms with E-state index in [2.05, 4.69) is 20.7 Å². The first kappa shape index (κ1) is 21.8. The third-order valence-electron chi connectivity index (χ3n) is 6.04. The second kappa shape index (κ2) is 8.41. The fourth-order valence-electron chi connectivity index (χ4n) is 4.45. The number of benzene rings is 4. The molecule has 0 spiro atoms. The normalized spacial score (nSPS) is 17.8. The SMILES string of the molecule is Cc1ccc(S(=O)(=O)NC2(c3ccccc3)C(Br)=C(c3ccccc3)c3ccccc32)cc1. The molecule has 1 aliphatic rings. The lowest BCUT2D eigenvalue weighted by Gasteiger charge is -2.33. The van der Waals surface area contributed by atoms with E-state index in [9.17, 15) is 8.42 Å². The van der Waals surface area contributed by atoms with Gasteiger partial charge in [-0.05, 0) is 41.3 Å². The second-order valence-corrected chi connectivity index (χ2v) is 10.6. The van der Waals surface area contributed by atoms with Crippen LogP contribution in [-0.2, 0) is 15.6 Å². The van der Waals surface area contributed by atoms with Crippen molar-refractivity contribution in [2.24, 2.45) is 0 Å². The van der Waals surface area contributed by atoms with E-state index in [1.54, 1.807) is 12.1 Å². The molecule has 5 heteroatoms. The molecule has 5 rings (SSSR count). The molecule has 0 bridgehead atoms. The van der Waals surface area contributed by atoms with Gasteiger partial charge in [0.2, 0.25) is 10.0 Å². The number of rotatable bonds is 5. The Kier molecular flexibility index (Phi) is 5.57. The molecule has 33 heavy (non-hydrogen) atoms. The van der Waals surface area contributed by atoms with Crippen molar-refractivity contribution in [2.75, 3.05) is 0 Å². The molecule has 1 atom stereocenters. The van der Waals surface area contributed by atoms with Crippen LogP contribution in [0.2, 0.25) is 0 Å². The largest absolute Gasteiger partial charge is 0.241 e. The maximum Gasteiger partial charge on any atom is 0.241 e. The van der Waals surface area contributed by atoms with Crippen LogP contribution in [0.1, 0.15) is 27.8 Å². The molecule has 4 aromatic carbocycles. The van der Waals surface area contributed by atoms with Crippen molar-refractivity contribution < 1.29 is 8.42 Å². The summed E-state index contributed by atoms with van der Waals surface area (Å²) < 4.78 is 31.3. The van der Waals surface area contributed by atoms with E-state index in [1.807, 2.05) is 104 Å². The summed E-state index contributed by atoms with van der Waals surface area (Å²) in [6, 6.07) is 34.7. The van der Waals surface area contributed by atoms with Gasteiger partial charge in [-0.2, -0.15) is 4.72 Å². The zero-order valence-electron chi connectivity index (χ0n) is 18.0. The fourth-order valence-corrected chi connectivity index (χ4v) is 6.91. The monoisotopic (exact) mass is 515 g/mol. The van der Waals surface area contributed by atoms with Gasteiger partial charge in [-0.3, -0.25) is 0 Å². The molecule has 0 radical (unpaired) electrons. The van der Waals surface area contributed by atoms with E-state index in [0.717, 1.165) is 37.9 Å². The molecule has 0 saturated carbocycles. The molecule has 0 amide bonds. The summed E-state index contributed by atoms with van der Waals surface area (Å²) >= 11 is 3.87. The fraction of sp³-hybridized carbons (Fsp3) is 0.0714. The molecule has 0 fully saturated rings.